The zero-order valence-electron chi connectivity index (χ0n) is 12.3. The Balaban J connectivity index is 1.78. The van der Waals surface area contributed by atoms with Crippen molar-refractivity contribution in [1.82, 2.24) is 19.9 Å². The van der Waals surface area contributed by atoms with Gasteiger partial charge in [-0.2, -0.15) is 16.7 Å². The number of hydrogen-bond donors (Lipinski definition) is 0. The van der Waals surface area contributed by atoms with Crippen molar-refractivity contribution in [3.63, 3.8) is 0 Å². The number of piperazine rings is 1. The van der Waals surface area contributed by atoms with Crippen LogP contribution in [-0.2, 0) is 11.3 Å². The SMILES string of the molecule is CSCC(C)C(=O)N1CCN(Cc2noc(C)n2)CC1. The van der Waals surface area contributed by atoms with Gasteiger partial charge in [0.05, 0.1) is 6.54 Å². The summed E-state index contributed by atoms with van der Waals surface area (Å²) in [5.74, 6) is 2.59. The van der Waals surface area contributed by atoms with E-state index < -0.39 is 0 Å². The van der Waals surface area contributed by atoms with Crippen LogP contribution in [0.1, 0.15) is 18.6 Å². The first-order valence-electron chi connectivity index (χ1n) is 6.89. The number of carbonyl (C=O) groups excluding carboxylic acids is 1. The molecule has 2 heterocycles. The minimum Gasteiger partial charge on any atom is -0.340 e. The fourth-order valence-electron chi connectivity index (χ4n) is 2.36. The highest BCUT2D eigenvalue weighted by Gasteiger charge is 2.25. The van der Waals surface area contributed by atoms with Crippen molar-refractivity contribution in [2.75, 3.05) is 38.2 Å². The van der Waals surface area contributed by atoms with E-state index in [-0.39, 0.29) is 11.8 Å². The summed E-state index contributed by atoms with van der Waals surface area (Å²) in [7, 11) is 0. The molecule has 0 bridgehead atoms. The molecule has 1 fully saturated rings. The van der Waals surface area contributed by atoms with Crippen LogP contribution in [0.3, 0.4) is 0 Å². The molecule has 1 aliphatic rings. The maximum Gasteiger partial charge on any atom is 0.226 e. The minimum atomic E-state index is 0.108. The topological polar surface area (TPSA) is 62.5 Å². The third kappa shape index (κ3) is 3.96. The van der Waals surface area contributed by atoms with Crippen molar-refractivity contribution >= 4 is 17.7 Å². The van der Waals surface area contributed by atoms with Crippen LogP contribution in [0.25, 0.3) is 0 Å². The predicted octanol–water partition coefficient (Wildman–Crippen LogP) is 1.02. The molecule has 2 rings (SSSR count). The number of nitrogens with zero attached hydrogens (tertiary/aromatic N) is 4. The molecule has 1 saturated heterocycles. The van der Waals surface area contributed by atoms with E-state index in [0.29, 0.717) is 12.4 Å². The molecule has 1 unspecified atom stereocenters. The molecular weight excluding hydrogens is 276 g/mol. The summed E-state index contributed by atoms with van der Waals surface area (Å²) in [5, 5.41) is 3.91. The molecule has 7 heteroatoms. The van der Waals surface area contributed by atoms with Gasteiger partial charge in [-0.1, -0.05) is 12.1 Å². The highest BCUT2D eigenvalue weighted by molar-refractivity contribution is 7.98. The molecule has 1 atom stereocenters. The molecule has 20 heavy (non-hydrogen) atoms. The quantitative estimate of drug-likeness (QED) is 0.809. The molecule has 0 aliphatic carbocycles. The molecule has 1 aromatic heterocycles. The zero-order chi connectivity index (χ0) is 14.5. The molecule has 0 radical (unpaired) electrons. The fourth-order valence-corrected chi connectivity index (χ4v) is 3.01. The Morgan fingerprint density at radius 2 is 2.10 bits per heavy atom. The highest BCUT2D eigenvalue weighted by Crippen LogP contribution is 2.12. The van der Waals surface area contributed by atoms with Gasteiger partial charge in [0.15, 0.2) is 5.82 Å². The van der Waals surface area contributed by atoms with Gasteiger partial charge < -0.3 is 9.42 Å². The largest absolute Gasteiger partial charge is 0.340 e. The van der Waals surface area contributed by atoms with Gasteiger partial charge in [-0.25, -0.2) is 0 Å². The zero-order valence-corrected chi connectivity index (χ0v) is 13.2. The van der Waals surface area contributed by atoms with Crippen LogP contribution < -0.4 is 0 Å². The van der Waals surface area contributed by atoms with Crippen LogP contribution in [0, 0.1) is 12.8 Å². The molecule has 0 saturated carbocycles. The molecular formula is C13H22N4O2S. The molecule has 0 aromatic carbocycles. The molecule has 1 aromatic rings. The highest BCUT2D eigenvalue weighted by atomic mass is 32.2. The average molecular weight is 298 g/mol. The van der Waals surface area contributed by atoms with Gasteiger partial charge in [0.1, 0.15) is 0 Å². The standard InChI is InChI=1S/C13H22N4O2S/c1-10(9-20-3)13(18)17-6-4-16(5-7-17)8-12-14-11(2)19-15-12/h10H,4-9H2,1-3H3. The molecule has 0 N–H and O–H groups in total. The Bertz CT molecular complexity index is 443. The van der Waals surface area contributed by atoms with Crippen molar-refractivity contribution in [2.45, 2.75) is 20.4 Å². The van der Waals surface area contributed by atoms with Crippen LogP contribution in [0.4, 0.5) is 0 Å². The van der Waals surface area contributed by atoms with E-state index in [1.165, 1.54) is 0 Å². The predicted molar refractivity (Wildman–Crippen MR) is 78.4 cm³/mol. The Morgan fingerprint density at radius 1 is 1.40 bits per heavy atom. The molecule has 0 spiro atoms. The molecule has 112 valence electrons. The van der Waals surface area contributed by atoms with E-state index >= 15 is 0 Å². The Hall–Kier alpha value is -1.08. The third-order valence-electron chi connectivity index (χ3n) is 3.46. The van der Waals surface area contributed by atoms with E-state index in [9.17, 15) is 4.79 Å². The molecule has 1 aliphatic heterocycles. The first kappa shape index (κ1) is 15.3. The van der Waals surface area contributed by atoms with E-state index in [4.69, 9.17) is 4.52 Å². The van der Waals surface area contributed by atoms with E-state index in [1.807, 2.05) is 18.1 Å². The summed E-state index contributed by atoms with van der Waals surface area (Å²) in [6.07, 6.45) is 2.04. The lowest BCUT2D eigenvalue weighted by Gasteiger charge is -2.35. The normalized spacial score (nSPS) is 18.2. The van der Waals surface area contributed by atoms with Gasteiger partial charge in [-0.15, -0.1) is 0 Å². The summed E-state index contributed by atoms with van der Waals surface area (Å²) in [6.45, 7) is 7.80. The second kappa shape index (κ2) is 7.08. The van der Waals surface area contributed by atoms with Crippen LogP contribution in [0.2, 0.25) is 0 Å². The Morgan fingerprint density at radius 3 is 2.65 bits per heavy atom. The van der Waals surface area contributed by atoms with Crippen LogP contribution >= 0.6 is 11.8 Å². The van der Waals surface area contributed by atoms with Crippen molar-refractivity contribution in [2.24, 2.45) is 5.92 Å². The van der Waals surface area contributed by atoms with Gasteiger partial charge in [0, 0.05) is 44.8 Å². The van der Waals surface area contributed by atoms with Crippen LogP contribution in [-0.4, -0.2) is 64.0 Å². The van der Waals surface area contributed by atoms with E-state index in [0.717, 1.165) is 37.8 Å². The van der Waals surface area contributed by atoms with Gasteiger partial charge in [-0.05, 0) is 6.26 Å². The number of rotatable bonds is 5. The molecule has 1 amide bonds. The first-order valence-corrected chi connectivity index (χ1v) is 8.28. The lowest BCUT2D eigenvalue weighted by molar-refractivity contribution is -0.136. The van der Waals surface area contributed by atoms with Crippen molar-refractivity contribution in [1.29, 1.82) is 0 Å². The second-order valence-electron chi connectivity index (χ2n) is 5.19. The number of amides is 1. The summed E-state index contributed by atoms with van der Waals surface area (Å²) >= 11 is 1.72. The monoisotopic (exact) mass is 298 g/mol. The number of hydrogen-bond acceptors (Lipinski definition) is 6. The van der Waals surface area contributed by atoms with Crippen LogP contribution in [0.15, 0.2) is 4.52 Å². The summed E-state index contributed by atoms with van der Waals surface area (Å²) in [4.78, 5) is 20.6. The fraction of sp³-hybridized carbons (Fsp3) is 0.769. The van der Waals surface area contributed by atoms with Crippen LogP contribution in [0.5, 0.6) is 0 Å². The van der Waals surface area contributed by atoms with Crippen molar-refractivity contribution < 1.29 is 9.32 Å². The summed E-state index contributed by atoms with van der Waals surface area (Å²) in [6, 6.07) is 0. The second-order valence-corrected chi connectivity index (χ2v) is 6.10. The van der Waals surface area contributed by atoms with Gasteiger partial charge in [0.2, 0.25) is 11.8 Å². The summed E-state index contributed by atoms with van der Waals surface area (Å²) < 4.78 is 4.97. The van der Waals surface area contributed by atoms with E-state index in [2.05, 4.69) is 15.0 Å². The number of carbonyl (C=O) groups is 1. The van der Waals surface area contributed by atoms with E-state index in [1.54, 1.807) is 18.7 Å². The summed E-state index contributed by atoms with van der Waals surface area (Å²) in [5.41, 5.74) is 0. The van der Waals surface area contributed by atoms with Crippen molar-refractivity contribution in [3.05, 3.63) is 11.7 Å². The Labute approximate surface area is 123 Å². The maximum absolute atomic E-state index is 12.2. The average Bonchev–Trinajstić information content (AvgIpc) is 2.84. The number of aryl methyl sites for hydroxylation is 1. The maximum atomic E-state index is 12.2. The van der Waals surface area contributed by atoms with Gasteiger partial charge in [0.25, 0.3) is 0 Å². The van der Waals surface area contributed by atoms with Gasteiger partial charge >= 0.3 is 0 Å². The van der Waals surface area contributed by atoms with Crippen molar-refractivity contribution in [3.8, 4) is 0 Å². The minimum absolute atomic E-state index is 0.108. The van der Waals surface area contributed by atoms with Gasteiger partial charge in [-0.3, -0.25) is 9.69 Å². The number of thioether (sulfide) groups is 1. The third-order valence-corrected chi connectivity index (χ3v) is 4.29. The number of aromatic nitrogens is 2. The molecule has 6 nitrogen and oxygen atoms in total. The lowest BCUT2D eigenvalue weighted by atomic mass is 10.1. The smallest absolute Gasteiger partial charge is 0.226 e. The lowest BCUT2D eigenvalue weighted by Crippen LogP contribution is -2.50. The Kier molecular flexibility index (Phi) is 5.42. The first-order chi connectivity index (χ1) is 9.60.